The Bertz CT molecular complexity index is 2080. The number of nitrogens with two attached hydrogens (primary N) is 1. The van der Waals surface area contributed by atoms with E-state index in [0.29, 0.717) is 35.9 Å². The monoisotopic (exact) mass is 808 g/mol. The van der Waals surface area contributed by atoms with Gasteiger partial charge in [0.25, 0.3) is 0 Å². The Morgan fingerprint density at radius 1 is 0.932 bits per heavy atom. The Morgan fingerprint density at radius 2 is 1.64 bits per heavy atom. The summed E-state index contributed by atoms with van der Waals surface area (Å²) < 4.78 is 28.6. The zero-order valence-electron chi connectivity index (χ0n) is 35.1. The van der Waals surface area contributed by atoms with E-state index in [4.69, 9.17) is 29.4 Å². The summed E-state index contributed by atoms with van der Waals surface area (Å²) in [5.41, 5.74) is 8.78. The molecule has 0 aliphatic carbocycles. The number of cyclic esters (lactones) is 1. The van der Waals surface area contributed by atoms with Crippen LogP contribution in [-0.2, 0) is 43.3 Å². The molecular weight excluding hydrogens is 753 g/mol. The number of esters is 2. The van der Waals surface area contributed by atoms with Gasteiger partial charge in [-0.1, -0.05) is 80.6 Å². The standard InChI is InChI=1S/C46H56N4O9/c1-8-55-41(51)37-23-32(4)48-40(26-37)50(44(54)57-30-33-15-10-9-11-16-33)21-14-22-56-38-20-13-17-34(25-38)27-46(47,42(52)59-45(5,6)7)39-29-49(43(53)58-39)28-35-18-12-19-36(24-35)31(2)3/h9-13,15-20,23-26,31,39H,8,14,21-22,27-30,47H2,1-7H3/t39-,46+/m1/s1. The van der Waals surface area contributed by atoms with Gasteiger partial charge in [-0.05, 0) is 93.5 Å². The van der Waals surface area contributed by atoms with Crippen molar-refractivity contribution in [1.82, 2.24) is 9.88 Å². The second kappa shape index (κ2) is 19.7. The van der Waals surface area contributed by atoms with Crippen LogP contribution < -0.4 is 15.4 Å². The highest BCUT2D eigenvalue weighted by atomic mass is 16.6. The van der Waals surface area contributed by atoms with Crippen molar-refractivity contribution in [3.63, 3.8) is 0 Å². The molecule has 0 saturated carbocycles. The first-order chi connectivity index (χ1) is 28.0. The Balaban J connectivity index is 1.29. The summed E-state index contributed by atoms with van der Waals surface area (Å²) in [6, 6.07) is 27.6. The Kier molecular flexibility index (Phi) is 14.7. The molecule has 0 unspecified atom stereocenters. The molecule has 314 valence electrons. The molecular formula is C46H56N4O9. The average Bonchev–Trinajstić information content (AvgIpc) is 3.56. The van der Waals surface area contributed by atoms with Crippen molar-refractivity contribution in [2.45, 2.75) is 97.6 Å². The molecule has 0 spiro atoms. The lowest BCUT2D eigenvalue weighted by Crippen LogP contribution is -2.62. The van der Waals surface area contributed by atoms with Gasteiger partial charge in [-0.25, -0.2) is 24.2 Å². The van der Waals surface area contributed by atoms with Crippen molar-refractivity contribution in [2.75, 3.05) is 31.2 Å². The summed E-state index contributed by atoms with van der Waals surface area (Å²) in [4.78, 5) is 60.7. The minimum atomic E-state index is -1.72. The maximum Gasteiger partial charge on any atom is 0.415 e. The van der Waals surface area contributed by atoms with Gasteiger partial charge in [-0.15, -0.1) is 0 Å². The van der Waals surface area contributed by atoms with Crippen molar-refractivity contribution >= 4 is 29.9 Å². The minimum absolute atomic E-state index is 0.00338. The van der Waals surface area contributed by atoms with Crippen LogP contribution in [-0.4, -0.2) is 77.6 Å². The van der Waals surface area contributed by atoms with Crippen LogP contribution in [0, 0.1) is 6.92 Å². The van der Waals surface area contributed by atoms with Crippen molar-refractivity contribution in [3.8, 4) is 5.75 Å². The van der Waals surface area contributed by atoms with Gasteiger partial charge < -0.3 is 34.3 Å². The molecule has 1 aromatic heterocycles. The first kappa shape index (κ1) is 44.2. The number of carbonyl (C=O) groups excluding carboxylic acids is 4. The van der Waals surface area contributed by atoms with Crippen LogP contribution in [0.4, 0.5) is 15.4 Å². The topological polar surface area (TPSA) is 160 Å². The maximum atomic E-state index is 13.9. The highest BCUT2D eigenvalue weighted by Gasteiger charge is 2.51. The highest BCUT2D eigenvalue weighted by molar-refractivity contribution is 5.93. The van der Waals surface area contributed by atoms with Gasteiger partial charge in [0, 0.05) is 25.2 Å². The fourth-order valence-corrected chi connectivity index (χ4v) is 6.58. The number of pyridine rings is 1. The fourth-order valence-electron chi connectivity index (χ4n) is 6.58. The van der Waals surface area contributed by atoms with Crippen molar-refractivity contribution in [2.24, 2.45) is 5.73 Å². The summed E-state index contributed by atoms with van der Waals surface area (Å²) >= 11 is 0. The van der Waals surface area contributed by atoms with E-state index in [1.165, 1.54) is 11.0 Å². The van der Waals surface area contributed by atoms with Gasteiger partial charge in [-0.2, -0.15) is 0 Å². The van der Waals surface area contributed by atoms with E-state index in [9.17, 15) is 19.2 Å². The summed E-state index contributed by atoms with van der Waals surface area (Å²) in [5, 5.41) is 0. The van der Waals surface area contributed by atoms with E-state index in [1.807, 2.05) is 48.5 Å². The van der Waals surface area contributed by atoms with Gasteiger partial charge >= 0.3 is 24.1 Å². The molecule has 2 amide bonds. The number of benzene rings is 3. The van der Waals surface area contributed by atoms with Gasteiger partial charge in [-0.3, -0.25) is 4.90 Å². The van der Waals surface area contributed by atoms with Crippen LogP contribution in [0.5, 0.6) is 5.75 Å². The normalized spacial score (nSPS) is 15.0. The second-order valence-electron chi connectivity index (χ2n) is 16.0. The summed E-state index contributed by atoms with van der Waals surface area (Å²) in [6.07, 6.45) is -1.83. The van der Waals surface area contributed by atoms with Crippen LogP contribution in [0.25, 0.3) is 0 Å². The highest BCUT2D eigenvalue weighted by Crippen LogP contribution is 2.30. The molecule has 1 aliphatic rings. The SMILES string of the molecule is CCOC(=O)c1cc(C)nc(N(CCCOc2cccc(C[C@@](N)(C(=O)OC(C)(C)C)[C@H]3CN(Cc4cccc(C(C)C)c4)C(=O)O3)c2)C(=O)OCc2ccccc2)c1. The van der Waals surface area contributed by atoms with Gasteiger partial charge in [0.05, 0.1) is 25.3 Å². The number of aromatic nitrogens is 1. The second-order valence-corrected chi connectivity index (χ2v) is 16.0. The molecule has 59 heavy (non-hydrogen) atoms. The molecule has 0 bridgehead atoms. The van der Waals surface area contributed by atoms with Crippen LogP contribution >= 0.6 is 0 Å². The van der Waals surface area contributed by atoms with Crippen LogP contribution in [0.1, 0.15) is 92.2 Å². The molecule has 1 fully saturated rings. The van der Waals surface area contributed by atoms with Crippen molar-refractivity contribution in [1.29, 1.82) is 0 Å². The predicted octanol–water partition coefficient (Wildman–Crippen LogP) is 7.91. The molecule has 0 radical (unpaired) electrons. The number of nitrogens with zero attached hydrogens (tertiary/aromatic N) is 3. The Labute approximate surface area is 346 Å². The van der Waals surface area contributed by atoms with Crippen molar-refractivity contribution in [3.05, 3.63) is 125 Å². The molecule has 13 heteroatoms. The smallest absolute Gasteiger partial charge is 0.415 e. The van der Waals surface area contributed by atoms with E-state index in [1.54, 1.807) is 63.8 Å². The third kappa shape index (κ3) is 12.3. The summed E-state index contributed by atoms with van der Waals surface area (Å²) in [5.74, 6) is -0.147. The lowest BCUT2D eigenvalue weighted by molar-refractivity contribution is -0.165. The summed E-state index contributed by atoms with van der Waals surface area (Å²) in [7, 11) is 0. The maximum absolute atomic E-state index is 13.9. The lowest BCUT2D eigenvalue weighted by atomic mass is 9.85. The van der Waals surface area contributed by atoms with E-state index in [-0.39, 0.29) is 50.7 Å². The van der Waals surface area contributed by atoms with E-state index >= 15 is 0 Å². The van der Waals surface area contributed by atoms with E-state index in [2.05, 4.69) is 31.0 Å². The zero-order valence-corrected chi connectivity index (χ0v) is 35.1. The molecule has 1 saturated heterocycles. The fraction of sp³-hybridized carbons (Fsp3) is 0.413. The number of carbonyl (C=O) groups is 4. The van der Waals surface area contributed by atoms with Gasteiger partial charge in [0.15, 0.2) is 11.6 Å². The van der Waals surface area contributed by atoms with Crippen LogP contribution in [0.3, 0.4) is 0 Å². The number of aryl methyl sites for hydroxylation is 1. The predicted molar refractivity (Wildman–Crippen MR) is 223 cm³/mol. The molecule has 2 atom stereocenters. The molecule has 2 heterocycles. The molecule has 4 aromatic rings. The molecule has 5 rings (SSSR count). The van der Waals surface area contributed by atoms with E-state index < -0.39 is 41.4 Å². The van der Waals surface area contributed by atoms with Crippen molar-refractivity contribution < 1.29 is 42.9 Å². The quantitative estimate of drug-likeness (QED) is 0.0628. The Hall–Kier alpha value is -5.95. The lowest BCUT2D eigenvalue weighted by Gasteiger charge is -2.34. The first-order valence-electron chi connectivity index (χ1n) is 20.0. The third-order valence-corrected chi connectivity index (χ3v) is 9.58. The first-order valence-corrected chi connectivity index (χ1v) is 20.0. The van der Waals surface area contributed by atoms with Crippen LogP contribution in [0.2, 0.25) is 0 Å². The molecule has 1 aliphatic heterocycles. The largest absolute Gasteiger partial charge is 0.494 e. The number of hydrogen-bond donors (Lipinski definition) is 1. The van der Waals surface area contributed by atoms with Crippen LogP contribution in [0.15, 0.2) is 91.0 Å². The number of anilines is 1. The number of ether oxygens (including phenoxy) is 5. The number of hydrogen-bond acceptors (Lipinski definition) is 11. The number of amides is 2. The minimum Gasteiger partial charge on any atom is -0.494 e. The molecule has 2 N–H and O–H groups in total. The Morgan fingerprint density at radius 3 is 2.36 bits per heavy atom. The average molecular weight is 809 g/mol. The summed E-state index contributed by atoms with van der Waals surface area (Å²) in [6.45, 7) is 13.9. The van der Waals surface area contributed by atoms with Gasteiger partial charge in [0.2, 0.25) is 0 Å². The van der Waals surface area contributed by atoms with Gasteiger partial charge in [0.1, 0.15) is 23.8 Å². The zero-order chi connectivity index (χ0) is 42.7. The molecule has 3 aromatic carbocycles. The third-order valence-electron chi connectivity index (χ3n) is 9.58. The molecule has 13 nitrogen and oxygen atoms in total. The number of rotatable bonds is 17. The van der Waals surface area contributed by atoms with E-state index in [0.717, 1.165) is 16.7 Å².